The average molecular weight is 326 g/mol. The minimum atomic E-state index is -0.274. The molecule has 1 aliphatic rings. The Morgan fingerprint density at radius 3 is 2.22 bits per heavy atom. The van der Waals surface area contributed by atoms with Gasteiger partial charge >= 0.3 is 5.97 Å². The zero-order valence-electron chi connectivity index (χ0n) is 15.3. The third-order valence-electron chi connectivity index (χ3n) is 4.94. The molecule has 1 fully saturated rings. The second-order valence-corrected chi connectivity index (χ2v) is 6.57. The fourth-order valence-corrected chi connectivity index (χ4v) is 3.31. The maximum Gasteiger partial charge on any atom is 0.310 e. The molecule has 0 aromatic heterocycles. The molecule has 0 aromatic rings. The van der Waals surface area contributed by atoms with E-state index in [9.17, 15) is 9.59 Å². The predicted molar refractivity (Wildman–Crippen MR) is 92.1 cm³/mol. The SMILES string of the molecule is CCN(CC)CCN(CC(C)C(=O)OC)C(=O)C1CCCCC1. The molecule has 1 saturated carbocycles. The molecule has 1 aliphatic carbocycles. The van der Waals surface area contributed by atoms with Gasteiger partial charge in [0.25, 0.3) is 0 Å². The largest absolute Gasteiger partial charge is 0.469 e. The van der Waals surface area contributed by atoms with E-state index in [0.717, 1.165) is 45.3 Å². The first-order valence-corrected chi connectivity index (χ1v) is 9.12. The van der Waals surface area contributed by atoms with E-state index >= 15 is 0 Å². The van der Waals surface area contributed by atoms with Crippen molar-refractivity contribution in [3.63, 3.8) is 0 Å². The molecule has 0 radical (unpaired) electrons. The van der Waals surface area contributed by atoms with E-state index in [2.05, 4.69) is 18.7 Å². The van der Waals surface area contributed by atoms with Crippen molar-refractivity contribution in [1.82, 2.24) is 9.80 Å². The Morgan fingerprint density at radius 1 is 1.09 bits per heavy atom. The molecular weight excluding hydrogens is 292 g/mol. The van der Waals surface area contributed by atoms with Gasteiger partial charge in [-0.2, -0.15) is 0 Å². The molecule has 0 N–H and O–H groups in total. The lowest BCUT2D eigenvalue weighted by molar-refractivity contribution is -0.147. The molecule has 5 nitrogen and oxygen atoms in total. The zero-order valence-corrected chi connectivity index (χ0v) is 15.3. The fourth-order valence-electron chi connectivity index (χ4n) is 3.31. The van der Waals surface area contributed by atoms with Gasteiger partial charge in [-0.15, -0.1) is 0 Å². The summed E-state index contributed by atoms with van der Waals surface area (Å²) in [5, 5.41) is 0. The first kappa shape index (κ1) is 19.9. The summed E-state index contributed by atoms with van der Waals surface area (Å²) in [5.74, 6) is -0.142. The molecule has 23 heavy (non-hydrogen) atoms. The summed E-state index contributed by atoms with van der Waals surface area (Å²) in [6.07, 6.45) is 5.52. The van der Waals surface area contributed by atoms with Gasteiger partial charge in [0.1, 0.15) is 0 Å². The Morgan fingerprint density at radius 2 is 1.70 bits per heavy atom. The number of ether oxygens (including phenoxy) is 1. The molecule has 0 spiro atoms. The quantitative estimate of drug-likeness (QED) is 0.611. The summed E-state index contributed by atoms with van der Waals surface area (Å²) in [4.78, 5) is 28.8. The summed E-state index contributed by atoms with van der Waals surface area (Å²) < 4.78 is 4.82. The van der Waals surface area contributed by atoms with Crippen LogP contribution < -0.4 is 0 Å². The molecule has 0 aliphatic heterocycles. The highest BCUT2D eigenvalue weighted by Gasteiger charge is 2.28. The van der Waals surface area contributed by atoms with Gasteiger partial charge in [0.05, 0.1) is 13.0 Å². The van der Waals surface area contributed by atoms with Crippen LogP contribution in [0.2, 0.25) is 0 Å². The van der Waals surface area contributed by atoms with Gasteiger partial charge in [-0.05, 0) is 25.9 Å². The van der Waals surface area contributed by atoms with Gasteiger partial charge in [0.2, 0.25) is 5.91 Å². The van der Waals surface area contributed by atoms with Crippen molar-refractivity contribution in [2.45, 2.75) is 52.9 Å². The molecule has 0 aromatic carbocycles. The van der Waals surface area contributed by atoms with Crippen molar-refractivity contribution >= 4 is 11.9 Å². The number of nitrogens with zero attached hydrogens (tertiary/aromatic N) is 2. The van der Waals surface area contributed by atoms with E-state index < -0.39 is 0 Å². The molecule has 1 atom stereocenters. The van der Waals surface area contributed by atoms with Crippen molar-refractivity contribution in [3.05, 3.63) is 0 Å². The summed E-state index contributed by atoms with van der Waals surface area (Å²) in [5.41, 5.74) is 0. The van der Waals surface area contributed by atoms with Crippen molar-refractivity contribution in [2.75, 3.05) is 39.8 Å². The molecule has 1 rings (SSSR count). The second-order valence-electron chi connectivity index (χ2n) is 6.57. The number of esters is 1. The van der Waals surface area contributed by atoms with E-state index in [1.807, 2.05) is 11.8 Å². The molecule has 1 unspecified atom stereocenters. The number of rotatable bonds is 9. The van der Waals surface area contributed by atoms with Crippen molar-refractivity contribution in [2.24, 2.45) is 11.8 Å². The van der Waals surface area contributed by atoms with Crippen LogP contribution in [0.4, 0.5) is 0 Å². The molecule has 1 amide bonds. The standard InChI is InChI=1S/C18H34N2O3/c1-5-19(6-2)12-13-20(14-15(3)18(22)23-4)17(21)16-10-8-7-9-11-16/h15-16H,5-14H2,1-4H3. The van der Waals surface area contributed by atoms with Crippen LogP contribution in [0.25, 0.3) is 0 Å². The minimum Gasteiger partial charge on any atom is -0.469 e. The molecule has 0 heterocycles. The summed E-state index contributed by atoms with van der Waals surface area (Å²) in [6, 6.07) is 0. The third-order valence-corrected chi connectivity index (χ3v) is 4.94. The Hall–Kier alpha value is -1.10. The van der Waals surface area contributed by atoms with Crippen LogP contribution in [0.15, 0.2) is 0 Å². The zero-order chi connectivity index (χ0) is 17.2. The monoisotopic (exact) mass is 326 g/mol. The van der Waals surface area contributed by atoms with Crippen LogP contribution in [-0.4, -0.2) is 61.5 Å². The van der Waals surface area contributed by atoms with Crippen LogP contribution in [0.3, 0.4) is 0 Å². The lowest BCUT2D eigenvalue weighted by Gasteiger charge is -2.32. The topological polar surface area (TPSA) is 49.9 Å². The summed E-state index contributed by atoms with van der Waals surface area (Å²) in [7, 11) is 1.40. The van der Waals surface area contributed by atoms with Crippen molar-refractivity contribution < 1.29 is 14.3 Å². The van der Waals surface area contributed by atoms with Crippen molar-refractivity contribution in [1.29, 1.82) is 0 Å². The lowest BCUT2D eigenvalue weighted by Crippen LogP contribution is -2.45. The number of amides is 1. The highest BCUT2D eigenvalue weighted by molar-refractivity contribution is 5.80. The molecule has 134 valence electrons. The molecule has 0 bridgehead atoms. The average Bonchev–Trinajstić information content (AvgIpc) is 2.60. The Kier molecular flexibility index (Phi) is 9.22. The van der Waals surface area contributed by atoms with E-state index in [4.69, 9.17) is 4.74 Å². The van der Waals surface area contributed by atoms with Crippen LogP contribution in [0.1, 0.15) is 52.9 Å². The Bertz CT molecular complexity index is 363. The number of likely N-dealkylation sites (N-methyl/N-ethyl adjacent to an activating group) is 1. The lowest BCUT2D eigenvalue weighted by atomic mass is 9.88. The number of hydrogen-bond acceptors (Lipinski definition) is 4. The minimum absolute atomic E-state index is 0.144. The molecular formula is C18H34N2O3. The van der Waals surface area contributed by atoms with Gasteiger partial charge in [0.15, 0.2) is 0 Å². The smallest absolute Gasteiger partial charge is 0.310 e. The maximum atomic E-state index is 12.9. The third kappa shape index (κ3) is 6.50. The summed E-state index contributed by atoms with van der Waals surface area (Å²) in [6.45, 7) is 10.1. The van der Waals surface area contributed by atoms with Crippen molar-refractivity contribution in [3.8, 4) is 0 Å². The fraction of sp³-hybridized carbons (Fsp3) is 0.889. The van der Waals surface area contributed by atoms with E-state index in [-0.39, 0.29) is 23.7 Å². The predicted octanol–water partition coefficient (Wildman–Crippen LogP) is 2.55. The van der Waals surface area contributed by atoms with E-state index in [0.29, 0.717) is 13.1 Å². The number of carbonyl (C=O) groups excluding carboxylic acids is 2. The van der Waals surface area contributed by atoms with E-state index in [1.54, 1.807) is 0 Å². The molecule has 5 heteroatoms. The van der Waals surface area contributed by atoms with Crippen LogP contribution >= 0.6 is 0 Å². The first-order valence-electron chi connectivity index (χ1n) is 9.12. The van der Waals surface area contributed by atoms with Crippen LogP contribution in [-0.2, 0) is 14.3 Å². The maximum absolute atomic E-state index is 12.9. The van der Waals surface area contributed by atoms with Gasteiger partial charge in [-0.1, -0.05) is 40.0 Å². The van der Waals surface area contributed by atoms with Gasteiger partial charge < -0.3 is 14.5 Å². The normalized spacial score (nSPS) is 17.1. The van der Waals surface area contributed by atoms with Crippen LogP contribution in [0.5, 0.6) is 0 Å². The molecule has 0 saturated heterocycles. The summed E-state index contributed by atoms with van der Waals surface area (Å²) >= 11 is 0. The van der Waals surface area contributed by atoms with Crippen LogP contribution in [0, 0.1) is 11.8 Å². The van der Waals surface area contributed by atoms with Gasteiger partial charge in [-0.25, -0.2) is 0 Å². The highest BCUT2D eigenvalue weighted by atomic mass is 16.5. The Labute approximate surface area is 141 Å². The first-order chi connectivity index (χ1) is 11.0. The van der Waals surface area contributed by atoms with Gasteiger partial charge in [-0.3, -0.25) is 9.59 Å². The Balaban J connectivity index is 2.69. The van der Waals surface area contributed by atoms with E-state index in [1.165, 1.54) is 13.5 Å². The number of hydrogen-bond donors (Lipinski definition) is 0. The second kappa shape index (κ2) is 10.6. The van der Waals surface area contributed by atoms with Gasteiger partial charge in [0, 0.05) is 25.6 Å². The number of carbonyl (C=O) groups is 2. The number of methoxy groups -OCH3 is 1. The highest BCUT2D eigenvalue weighted by Crippen LogP contribution is 2.25.